The van der Waals surface area contributed by atoms with Crippen molar-refractivity contribution in [1.29, 1.82) is 0 Å². The van der Waals surface area contributed by atoms with Crippen LogP contribution >= 0.6 is 0 Å². The molecule has 1 heterocycles. The molecule has 1 aromatic carbocycles. The molecule has 0 amide bonds. The molecule has 0 aliphatic carbocycles. The van der Waals surface area contributed by atoms with Crippen LogP contribution in [0.1, 0.15) is 5.56 Å². The fourth-order valence-corrected chi connectivity index (χ4v) is 1.55. The van der Waals surface area contributed by atoms with Gasteiger partial charge in [-0.3, -0.25) is 4.68 Å². The zero-order valence-electron chi connectivity index (χ0n) is 7.70. The number of fused-ring (bicyclic) bond motifs is 1. The predicted octanol–water partition coefficient (Wildman–Crippen LogP) is 1.30. The topological polar surface area (TPSA) is 43.8 Å². The van der Waals surface area contributed by atoms with E-state index in [2.05, 4.69) is 24.2 Å². The highest BCUT2D eigenvalue weighted by molar-refractivity contribution is 5.81. The number of aryl methyl sites for hydroxylation is 1. The number of aromatic nitrogens is 2. The molecule has 1 aromatic heterocycles. The SMILES string of the molecule is Cc1cccc2c1cnn2CCN. The van der Waals surface area contributed by atoms with Crippen molar-refractivity contribution in [3.63, 3.8) is 0 Å². The van der Waals surface area contributed by atoms with E-state index < -0.39 is 0 Å². The van der Waals surface area contributed by atoms with Gasteiger partial charge in [-0.05, 0) is 18.6 Å². The second-order valence-electron chi connectivity index (χ2n) is 3.16. The Morgan fingerprint density at radius 2 is 2.31 bits per heavy atom. The summed E-state index contributed by atoms with van der Waals surface area (Å²) in [6, 6.07) is 6.22. The summed E-state index contributed by atoms with van der Waals surface area (Å²) in [6.45, 7) is 3.51. The van der Waals surface area contributed by atoms with Crippen LogP contribution < -0.4 is 5.73 Å². The molecule has 2 rings (SSSR count). The van der Waals surface area contributed by atoms with E-state index in [1.165, 1.54) is 16.5 Å². The summed E-state index contributed by atoms with van der Waals surface area (Å²) in [7, 11) is 0. The van der Waals surface area contributed by atoms with Gasteiger partial charge in [0.15, 0.2) is 0 Å². The van der Waals surface area contributed by atoms with Gasteiger partial charge in [0.05, 0.1) is 18.3 Å². The third-order valence-corrected chi connectivity index (χ3v) is 2.25. The number of benzene rings is 1. The van der Waals surface area contributed by atoms with Gasteiger partial charge in [0.25, 0.3) is 0 Å². The van der Waals surface area contributed by atoms with E-state index in [0.717, 1.165) is 6.54 Å². The van der Waals surface area contributed by atoms with E-state index in [-0.39, 0.29) is 0 Å². The minimum Gasteiger partial charge on any atom is -0.329 e. The lowest BCUT2D eigenvalue weighted by molar-refractivity contribution is 0.646. The van der Waals surface area contributed by atoms with Crippen LogP contribution in [0.2, 0.25) is 0 Å². The summed E-state index contributed by atoms with van der Waals surface area (Å²) in [5.74, 6) is 0. The van der Waals surface area contributed by atoms with Gasteiger partial charge in [-0.2, -0.15) is 5.10 Å². The molecule has 0 fully saturated rings. The van der Waals surface area contributed by atoms with E-state index >= 15 is 0 Å². The number of nitrogens with two attached hydrogens (primary N) is 1. The van der Waals surface area contributed by atoms with Crippen molar-refractivity contribution < 1.29 is 0 Å². The molecule has 0 aliphatic heterocycles. The van der Waals surface area contributed by atoms with Gasteiger partial charge in [0.1, 0.15) is 0 Å². The molecule has 0 spiro atoms. The molecule has 0 atom stereocenters. The Hall–Kier alpha value is -1.35. The first kappa shape index (κ1) is 8.26. The van der Waals surface area contributed by atoms with Gasteiger partial charge in [0, 0.05) is 11.9 Å². The van der Waals surface area contributed by atoms with Crippen molar-refractivity contribution in [3.8, 4) is 0 Å². The Bertz CT molecular complexity index is 417. The van der Waals surface area contributed by atoms with Crippen LogP contribution in [0.3, 0.4) is 0 Å². The third-order valence-electron chi connectivity index (χ3n) is 2.25. The van der Waals surface area contributed by atoms with Gasteiger partial charge in [-0.1, -0.05) is 12.1 Å². The van der Waals surface area contributed by atoms with Crippen LogP contribution in [0.4, 0.5) is 0 Å². The summed E-state index contributed by atoms with van der Waals surface area (Å²) in [5.41, 5.74) is 7.92. The first-order chi connectivity index (χ1) is 6.33. The summed E-state index contributed by atoms with van der Waals surface area (Å²) in [5, 5.41) is 5.50. The first-order valence-electron chi connectivity index (χ1n) is 4.44. The summed E-state index contributed by atoms with van der Waals surface area (Å²) in [6.07, 6.45) is 1.90. The molecule has 0 radical (unpaired) electrons. The average Bonchev–Trinajstić information content (AvgIpc) is 2.51. The molecule has 0 saturated heterocycles. The molecule has 0 aliphatic rings. The first-order valence-corrected chi connectivity index (χ1v) is 4.44. The Morgan fingerprint density at radius 3 is 3.08 bits per heavy atom. The van der Waals surface area contributed by atoms with Crippen molar-refractivity contribution in [2.24, 2.45) is 5.73 Å². The standard InChI is InChI=1S/C10H13N3/c1-8-3-2-4-10-9(8)7-12-13(10)6-5-11/h2-4,7H,5-6,11H2,1H3. The monoisotopic (exact) mass is 175 g/mol. The lowest BCUT2D eigenvalue weighted by Crippen LogP contribution is -2.10. The number of rotatable bonds is 2. The third kappa shape index (κ3) is 1.31. The van der Waals surface area contributed by atoms with Crippen molar-refractivity contribution in [3.05, 3.63) is 30.0 Å². The van der Waals surface area contributed by atoms with Gasteiger partial charge < -0.3 is 5.73 Å². The molecular weight excluding hydrogens is 162 g/mol. The van der Waals surface area contributed by atoms with Crippen molar-refractivity contribution in [2.75, 3.05) is 6.54 Å². The van der Waals surface area contributed by atoms with Gasteiger partial charge in [-0.15, -0.1) is 0 Å². The molecule has 0 saturated carbocycles. The fourth-order valence-electron chi connectivity index (χ4n) is 1.55. The maximum absolute atomic E-state index is 5.49. The normalized spacial score (nSPS) is 10.9. The van der Waals surface area contributed by atoms with E-state index in [4.69, 9.17) is 5.73 Å². The van der Waals surface area contributed by atoms with Crippen LogP contribution in [-0.4, -0.2) is 16.3 Å². The van der Waals surface area contributed by atoms with Gasteiger partial charge in [0.2, 0.25) is 0 Å². The predicted molar refractivity (Wildman–Crippen MR) is 53.5 cm³/mol. The highest BCUT2D eigenvalue weighted by Gasteiger charge is 2.02. The average molecular weight is 175 g/mol. The molecule has 2 N–H and O–H groups in total. The van der Waals surface area contributed by atoms with Crippen LogP contribution in [0.15, 0.2) is 24.4 Å². The van der Waals surface area contributed by atoms with Gasteiger partial charge in [-0.25, -0.2) is 0 Å². The summed E-state index contributed by atoms with van der Waals surface area (Å²) < 4.78 is 1.95. The Morgan fingerprint density at radius 1 is 1.46 bits per heavy atom. The minimum atomic E-state index is 0.630. The number of hydrogen-bond acceptors (Lipinski definition) is 2. The van der Waals surface area contributed by atoms with E-state index in [0.29, 0.717) is 6.54 Å². The quantitative estimate of drug-likeness (QED) is 0.747. The van der Waals surface area contributed by atoms with Crippen molar-refractivity contribution >= 4 is 10.9 Å². The molecular formula is C10H13N3. The zero-order valence-corrected chi connectivity index (χ0v) is 7.70. The fraction of sp³-hybridized carbons (Fsp3) is 0.300. The zero-order chi connectivity index (χ0) is 9.26. The summed E-state index contributed by atoms with van der Waals surface area (Å²) in [4.78, 5) is 0. The second-order valence-corrected chi connectivity index (χ2v) is 3.16. The lowest BCUT2D eigenvalue weighted by Gasteiger charge is -2.00. The Labute approximate surface area is 77.2 Å². The smallest absolute Gasteiger partial charge is 0.0685 e. The van der Waals surface area contributed by atoms with Crippen LogP contribution in [0, 0.1) is 6.92 Å². The molecule has 2 aromatic rings. The molecule has 0 unspecified atom stereocenters. The second kappa shape index (κ2) is 3.18. The van der Waals surface area contributed by atoms with Crippen LogP contribution in [0.5, 0.6) is 0 Å². The maximum Gasteiger partial charge on any atom is 0.0685 e. The minimum absolute atomic E-state index is 0.630. The lowest BCUT2D eigenvalue weighted by atomic mass is 10.1. The Kier molecular flexibility index (Phi) is 2.02. The van der Waals surface area contributed by atoms with Gasteiger partial charge >= 0.3 is 0 Å². The highest BCUT2D eigenvalue weighted by atomic mass is 15.3. The maximum atomic E-state index is 5.49. The van der Waals surface area contributed by atoms with E-state index in [9.17, 15) is 0 Å². The molecule has 0 bridgehead atoms. The van der Waals surface area contributed by atoms with Crippen molar-refractivity contribution in [1.82, 2.24) is 9.78 Å². The number of nitrogens with zero attached hydrogens (tertiary/aromatic N) is 2. The molecule has 3 nitrogen and oxygen atoms in total. The molecule has 13 heavy (non-hydrogen) atoms. The highest BCUT2D eigenvalue weighted by Crippen LogP contribution is 2.16. The van der Waals surface area contributed by atoms with Crippen molar-refractivity contribution in [2.45, 2.75) is 13.5 Å². The van der Waals surface area contributed by atoms with E-state index in [1.807, 2.05) is 16.9 Å². The van der Waals surface area contributed by atoms with Crippen LogP contribution in [-0.2, 0) is 6.54 Å². The molecule has 68 valence electrons. The Balaban J connectivity index is 2.61. The van der Waals surface area contributed by atoms with Crippen LogP contribution in [0.25, 0.3) is 10.9 Å². The van der Waals surface area contributed by atoms with E-state index in [1.54, 1.807) is 0 Å². The summed E-state index contributed by atoms with van der Waals surface area (Å²) >= 11 is 0. The number of hydrogen-bond donors (Lipinski definition) is 1. The largest absolute Gasteiger partial charge is 0.329 e. The molecule has 3 heteroatoms.